The van der Waals surface area contributed by atoms with Gasteiger partial charge in [-0.3, -0.25) is 4.79 Å². The Balaban J connectivity index is 1.29. The van der Waals surface area contributed by atoms with Crippen LogP contribution in [-0.4, -0.2) is 52.6 Å². The molecule has 3 aromatic carbocycles. The monoisotopic (exact) mass is 538 g/mol. The fraction of sp³-hybridized carbons (Fsp3) is 0.321. The quantitative estimate of drug-likeness (QED) is 0.320. The molecule has 1 fully saturated rings. The Bertz CT molecular complexity index is 1430. The minimum Gasteiger partial charge on any atom is -0.454 e. The van der Waals surface area contributed by atoms with E-state index < -0.39 is 15.4 Å². The van der Waals surface area contributed by atoms with Gasteiger partial charge in [0.1, 0.15) is 0 Å². The third-order valence-electron chi connectivity index (χ3n) is 6.85. The first-order valence-electron chi connectivity index (χ1n) is 12.4. The highest BCUT2D eigenvalue weighted by molar-refractivity contribution is 7.89. The van der Waals surface area contributed by atoms with Crippen molar-refractivity contribution in [3.05, 3.63) is 71.8 Å². The van der Waals surface area contributed by atoms with Crippen LogP contribution in [0.15, 0.2) is 65.6 Å². The normalized spacial score (nSPS) is 15.3. The predicted molar refractivity (Wildman–Crippen MR) is 142 cm³/mol. The number of carbonyl (C=O) groups is 1. The summed E-state index contributed by atoms with van der Waals surface area (Å²) >= 11 is 0. The number of fused-ring (bicyclic) bond motifs is 1. The van der Waals surface area contributed by atoms with Crippen molar-refractivity contribution in [2.45, 2.75) is 30.1 Å². The number of sulfonamides is 1. The van der Waals surface area contributed by atoms with E-state index in [0.29, 0.717) is 17.2 Å². The fourth-order valence-corrected chi connectivity index (χ4v) is 5.55. The number of nitrogens with one attached hydrogen (secondary N) is 2. The average molecular weight is 539 g/mol. The molecule has 3 aromatic rings. The number of ether oxygens (including phenoxy) is 3. The SMILES string of the molecule is Cc1ccc(NC(=O)C2(c3ccc4c(c3)OCO4)CC2)cc1-c1ccc(S(=O)(=O)NCCOCCO)cc1. The van der Waals surface area contributed by atoms with Crippen molar-refractivity contribution in [3.8, 4) is 22.6 Å². The molecule has 38 heavy (non-hydrogen) atoms. The molecule has 9 nitrogen and oxygen atoms in total. The molecular weight excluding hydrogens is 508 g/mol. The number of amides is 1. The van der Waals surface area contributed by atoms with E-state index in [2.05, 4.69) is 10.0 Å². The zero-order chi connectivity index (χ0) is 26.8. The van der Waals surface area contributed by atoms with Crippen LogP contribution >= 0.6 is 0 Å². The Morgan fingerprint density at radius 2 is 1.76 bits per heavy atom. The number of benzene rings is 3. The Labute approximate surface area is 221 Å². The van der Waals surface area contributed by atoms with Crippen LogP contribution in [0.5, 0.6) is 11.5 Å². The molecule has 10 heteroatoms. The Morgan fingerprint density at radius 3 is 2.50 bits per heavy atom. The van der Waals surface area contributed by atoms with E-state index in [-0.39, 0.29) is 44.0 Å². The molecule has 5 rings (SSSR count). The van der Waals surface area contributed by atoms with E-state index in [4.69, 9.17) is 19.3 Å². The number of rotatable bonds is 11. The second-order valence-corrected chi connectivity index (χ2v) is 11.2. The molecule has 0 unspecified atom stereocenters. The van der Waals surface area contributed by atoms with Gasteiger partial charge >= 0.3 is 0 Å². The molecule has 1 amide bonds. The van der Waals surface area contributed by atoms with Gasteiger partial charge in [-0.1, -0.05) is 24.3 Å². The number of carbonyl (C=O) groups excluding carboxylic acids is 1. The van der Waals surface area contributed by atoms with Crippen molar-refractivity contribution < 1.29 is 32.5 Å². The maximum atomic E-state index is 13.4. The molecule has 1 heterocycles. The molecule has 0 aromatic heterocycles. The van der Waals surface area contributed by atoms with E-state index in [1.54, 1.807) is 24.3 Å². The Kier molecular flexibility index (Phi) is 7.40. The van der Waals surface area contributed by atoms with Crippen molar-refractivity contribution >= 4 is 21.6 Å². The molecule has 1 aliphatic carbocycles. The predicted octanol–water partition coefficient (Wildman–Crippen LogP) is 3.35. The van der Waals surface area contributed by atoms with Crippen LogP contribution in [-0.2, 0) is 25.0 Å². The van der Waals surface area contributed by atoms with Gasteiger partial charge in [0.2, 0.25) is 22.7 Å². The summed E-state index contributed by atoms with van der Waals surface area (Å²) in [7, 11) is -3.69. The van der Waals surface area contributed by atoms with Gasteiger partial charge in [0.15, 0.2) is 11.5 Å². The summed E-state index contributed by atoms with van der Waals surface area (Å²) in [5.41, 5.74) is 3.72. The van der Waals surface area contributed by atoms with Gasteiger partial charge in [0.05, 0.1) is 30.1 Å². The van der Waals surface area contributed by atoms with Crippen molar-refractivity contribution in [1.29, 1.82) is 0 Å². The largest absolute Gasteiger partial charge is 0.454 e. The second-order valence-electron chi connectivity index (χ2n) is 9.39. The third kappa shape index (κ3) is 5.39. The second kappa shape index (κ2) is 10.7. The summed E-state index contributed by atoms with van der Waals surface area (Å²) in [5, 5.41) is 11.8. The topological polar surface area (TPSA) is 123 Å². The van der Waals surface area contributed by atoms with Crippen LogP contribution in [0, 0.1) is 6.92 Å². The molecule has 0 bridgehead atoms. The van der Waals surface area contributed by atoms with E-state index in [1.165, 1.54) is 0 Å². The van der Waals surface area contributed by atoms with E-state index >= 15 is 0 Å². The summed E-state index contributed by atoms with van der Waals surface area (Å²) in [4.78, 5) is 13.5. The van der Waals surface area contributed by atoms with Gasteiger partial charge < -0.3 is 24.6 Å². The van der Waals surface area contributed by atoms with E-state index in [1.807, 2.05) is 43.3 Å². The highest BCUT2D eigenvalue weighted by Crippen LogP contribution is 2.51. The van der Waals surface area contributed by atoms with Crippen molar-refractivity contribution in [3.63, 3.8) is 0 Å². The van der Waals surface area contributed by atoms with Crippen LogP contribution in [0.3, 0.4) is 0 Å². The van der Waals surface area contributed by atoms with Gasteiger partial charge in [-0.2, -0.15) is 0 Å². The molecule has 0 atom stereocenters. The molecule has 0 saturated heterocycles. The van der Waals surface area contributed by atoms with Crippen LogP contribution in [0.4, 0.5) is 5.69 Å². The number of aliphatic hydroxyl groups excluding tert-OH is 1. The lowest BCUT2D eigenvalue weighted by molar-refractivity contribution is -0.118. The first kappa shape index (κ1) is 26.2. The van der Waals surface area contributed by atoms with Crippen LogP contribution in [0.25, 0.3) is 11.1 Å². The minimum atomic E-state index is -3.69. The molecular formula is C28H30N2O7S. The van der Waals surface area contributed by atoms with Gasteiger partial charge in [-0.25, -0.2) is 13.1 Å². The maximum Gasteiger partial charge on any atom is 0.240 e. The highest BCUT2D eigenvalue weighted by atomic mass is 32.2. The van der Waals surface area contributed by atoms with Crippen molar-refractivity contribution in [2.24, 2.45) is 0 Å². The molecule has 3 N–H and O–H groups in total. The van der Waals surface area contributed by atoms with E-state index in [0.717, 1.165) is 35.1 Å². The average Bonchev–Trinajstić information content (AvgIpc) is 3.60. The number of aryl methyl sites for hydroxylation is 1. The zero-order valence-corrected chi connectivity index (χ0v) is 21.8. The molecule has 1 aliphatic heterocycles. The van der Waals surface area contributed by atoms with Crippen molar-refractivity contribution in [2.75, 3.05) is 38.5 Å². The summed E-state index contributed by atoms with van der Waals surface area (Å²) < 4.78 is 43.6. The number of aliphatic hydroxyl groups is 1. The lowest BCUT2D eigenvalue weighted by Crippen LogP contribution is -2.27. The molecule has 0 spiro atoms. The van der Waals surface area contributed by atoms with Gasteiger partial charge in [0, 0.05) is 12.2 Å². The Hall–Kier alpha value is -3.44. The Morgan fingerprint density at radius 1 is 1.00 bits per heavy atom. The first-order chi connectivity index (χ1) is 18.3. The van der Waals surface area contributed by atoms with Gasteiger partial charge in [-0.15, -0.1) is 0 Å². The number of hydrogen-bond donors (Lipinski definition) is 3. The molecule has 200 valence electrons. The summed E-state index contributed by atoms with van der Waals surface area (Å²) in [5.74, 6) is 1.28. The van der Waals surface area contributed by atoms with E-state index in [9.17, 15) is 13.2 Å². The standard InChI is InChI=1S/C28H30N2O7S/c1-19-2-6-22(30-27(32)28(10-11-28)21-5-9-25-26(16-21)37-18-36-25)17-24(19)20-3-7-23(8-4-20)38(33,34)29-12-14-35-15-13-31/h2-9,16-17,29,31H,10-15,18H2,1H3,(H,30,32). The van der Waals surface area contributed by atoms with Crippen LogP contribution in [0.1, 0.15) is 24.0 Å². The molecule has 2 aliphatic rings. The smallest absolute Gasteiger partial charge is 0.240 e. The summed E-state index contributed by atoms with van der Waals surface area (Å²) in [6, 6.07) is 18.0. The molecule has 1 saturated carbocycles. The molecule has 0 radical (unpaired) electrons. The fourth-order valence-electron chi connectivity index (χ4n) is 4.54. The summed E-state index contributed by atoms with van der Waals surface area (Å²) in [6.45, 7) is 2.49. The minimum absolute atomic E-state index is 0.0679. The maximum absolute atomic E-state index is 13.4. The van der Waals surface area contributed by atoms with Gasteiger partial charge in [-0.05, 0) is 78.4 Å². The third-order valence-corrected chi connectivity index (χ3v) is 8.33. The number of anilines is 1. The summed E-state index contributed by atoms with van der Waals surface area (Å²) in [6.07, 6.45) is 1.52. The highest BCUT2D eigenvalue weighted by Gasteiger charge is 2.51. The van der Waals surface area contributed by atoms with Gasteiger partial charge in [0.25, 0.3) is 0 Å². The van der Waals surface area contributed by atoms with Crippen LogP contribution in [0.2, 0.25) is 0 Å². The van der Waals surface area contributed by atoms with Crippen LogP contribution < -0.4 is 19.5 Å². The number of hydrogen-bond acceptors (Lipinski definition) is 7. The van der Waals surface area contributed by atoms with Crippen molar-refractivity contribution in [1.82, 2.24) is 4.72 Å². The first-order valence-corrected chi connectivity index (χ1v) is 13.9. The lowest BCUT2D eigenvalue weighted by atomic mass is 9.94. The lowest BCUT2D eigenvalue weighted by Gasteiger charge is -2.17. The zero-order valence-electron chi connectivity index (χ0n) is 21.0.